The van der Waals surface area contributed by atoms with E-state index in [1.165, 1.54) is 12.1 Å². The number of carbonyl (C=O) groups is 1. The van der Waals surface area contributed by atoms with E-state index in [1.807, 2.05) is 4.90 Å². The maximum absolute atomic E-state index is 13.9. The van der Waals surface area contributed by atoms with Crippen molar-refractivity contribution in [3.8, 4) is 17.3 Å². The van der Waals surface area contributed by atoms with Gasteiger partial charge in [0.05, 0.1) is 41.1 Å². The van der Waals surface area contributed by atoms with Crippen molar-refractivity contribution in [1.29, 1.82) is 0 Å². The number of amides is 1. The molecule has 1 aromatic carbocycles. The SMILES string of the molecule is C=CC(=O)N1CCN(c2nc(OC[C@@H]3CCCN3C3COC3)nc3cc(-c4nc(N)ccc4C(F)(F)F)c(Cl)cc23)CC1. The molecule has 3 saturated heterocycles. The molecular weight excluding hydrogens is 587 g/mol. The highest BCUT2D eigenvalue weighted by molar-refractivity contribution is 6.34. The molecule has 0 saturated carbocycles. The van der Waals surface area contributed by atoms with Gasteiger partial charge in [-0.05, 0) is 49.7 Å². The third-order valence-electron chi connectivity index (χ3n) is 8.20. The first-order valence-corrected chi connectivity index (χ1v) is 14.5. The molecule has 228 valence electrons. The molecule has 0 bridgehead atoms. The molecule has 5 heterocycles. The average Bonchev–Trinajstić information content (AvgIpc) is 3.41. The Hall–Kier alpha value is -3.68. The molecule has 0 aliphatic carbocycles. The molecule has 2 aromatic heterocycles. The Morgan fingerprint density at radius 2 is 1.91 bits per heavy atom. The summed E-state index contributed by atoms with van der Waals surface area (Å²) >= 11 is 6.63. The fourth-order valence-corrected chi connectivity index (χ4v) is 6.13. The number of piperazine rings is 1. The summed E-state index contributed by atoms with van der Waals surface area (Å²) in [7, 11) is 0. The fraction of sp³-hybridized carbons (Fsp3) is 0.448. The van der Waals surface area contributed by atoms with E-state index in [4.69, 9.17) is 31.8 Å². The van der Waals surface area contributed by atoms with Crippen LogP contribution in [-0.4, -0.2) is 95.3 Å². The van der Waals surface area contributed by atoms with Gasteiger partial charge < -0.3 is 25.0 Å². The minimum absolute atomic E-state index is 0.0396. The van der Waals surface area contributed by atoms with Gasteiger partial charge in [-0.2, -0.15) is 23.1 Å². The summed E-state index contributed by atoms with van der Waals surface area (Å²) in [5.74, 6) is 0.292. The van der Waals surface area contributed by atoms with Crippen molar-refractivity contribution < 1.29 is 27.4 Å². The number of benzene rings is 1. The minimum Gasteiger partial charge on any atom is -0.462 e. The summed E-state index contributed by atoms with van der Waals surface area (Å²) in [4.78, 5) is 31.6. The van der Waals surface area contributed by atoms with E-state index in [0.29, 0.717) is 68.8 Å². The second kappa shape index (κ2) is 11.8. The molecule has 10 nitrogen and oxygen atoms in total. The molecule has 3 fully saturated rings. The summed E-state index contributed by atoms with van der Waals surface area (Å²) < 4.78 is 53.4. The number of halogens is 4. The molecule has 3 aromatic rings. The van der Waals surface area contributed by atoms with E-state index in [1.54, 1.807) is 11.0 Å². The Kier molecular flexibility index (Phi) is 8.05. The van der Waals surface area contributed by atoms with Gasteiger partial charge in [0.25, 0.3) is 0 Å². The topological polar surface area (TPSA) is 110 Å². The zero-order valence-electron chi connectivity index (χ0n) is 23.3. The van der Waals surface area contributed by atoms with E-state index < -0.39 is 11.7 Å². The van der Waals surface area contributed by atoms with Gasteiger partial charge in [0.2, 0.25) is 5.91 Å². The van der Waals surface area contributed by atoms with Gasteiger partial charge in [-0.1, -0.05) is 18.2 Å². The van der Waals surface area contributed by atoms with E-state index in [2.05, 4.69) is 21.4 Å². The number of fused-ring (bicyclic) bond motifs is 1. The molecule has 3 aliphatic heterocycles. The lowest BCUT2D eigenvalue weighted by atomic mass is 10.0. The molecule has 2 N–H and O–H groups in total. The first-order valence-electron chi connectivity index (χ1n) is 14.1. The number of anilines is 2. The Bertz CT molecular complexity index is 1540. The highest BCUT2D eigenvalue weighted by Crippen LogP contribution is 2.41. The van der Waals surface area contributed by atoms with Crippen molar-refractivity contribution in [2.75, 3.05) is 63.2 Å². The third-order valence-corrected chi connectivity index (χ3v) is 8.52. The molecule has 43 heavy (non-hydrogen) atoms. The second-order valence-electron chi connectivity index (χ2n) is 10.9. The van der Waals surface area contributed by atoms with Crippen LogP contribution in [0.5, 0.6) is 6.01 Å². The lowest BCUT2D eigenvalue weighted by Gasteiger charge is -2.38. The number of ether oxygens (including phenoxy) is 2. The molecule has 0 spiro atoms. The number of hydrogen-bond donors (Lipinski definition) is 1. The van der Waals surface area contributed by atoms with Crippen LogP contribution in [0.4, 0.5) is 24.8 Å². The molecular formula is C29H31ClF3N7O3. The normalized spacial score (nSPS) is 20.0. The lowest BCUT2D eigenvalue weighted by molar-refractivity contribution is -0.137. The van der Waals surface area contributed by atoms with Crippen molar-refractivity contribution in [3.63, 3.8) is 0 Å². The van der Waals surface area contributed by atoms with Gasteiger partial charge in [-0.25, -0.2) is 4.98 Å². The van der Waals surface area contributed by atoms with Crippen molar-refractivity contribution in [3.05, 3.63) is 47.5 Å². The monoisotopic (exact) mass is 617 g/mol. The maximum Gasteiger partial charge on any atom is 0.418 e. The zero-order chi connectivity index (χ0) is 30.3. The van der Waals surface area contributed by atoms with E-state index >= 15 is 0 Å². The number of nitrogen functional groups attached to an aromatic ring is 1. The van der Waals surface area contributed by atoms with Crippen LogP contribution in [0.2, 0.25) is 5.02 Å². The van der Waals surface area contributed by atoms with Crippen molar-refractivity contribution in [1.82, 2.24) is 24.8 Å². The number of hydrogen-bond acceptors (Lipinski definition) is 9. The van der Waals surface area contributed by atoms with Crippen LogP contribution < -0.4 is 15.4 Å². The van der Waals surface area contributed by atoms with Crippen molar-refractivity contribution in [2.24, 2.45) is 0 Å². The molecule has 6 rings (SSSR count). The van der Waals surface area contributed by atoms with Gasteiger partial charge in [0.1, 0.15) is 18.2 Å². The fourth-order valence-electron chi connectivity index (χ4n) is 5.88. The number of rotatable bonds is 7. The summed E-state index contributed by atoms with van der Waals surface area (Å²) in [5.41, 5.74) is 4.82. The minimum atomic E-state index is -4.68. The Morgan fingerprint density at radius 3 is 2.58 bits per heavy atom. The van der Waals surface area contributed by atoms with Gasteiger partial charge in [0, 0.05) is 43.2 Å². The smallest absolute Gasteiger partial charge is 0.418 e. The van der Waals surface area contributed by atoms with Crippen molar-refractivity contribution >= 4 is 40.0 Å². The van der Waals surface area contributed by atoms with Gasteiger partial charge in [0.15, 0.2) is 0 Å². The van der Waals surface area contributed by atoms with Crippen LogP contribution in [0.15, 0.2) is 36.9 Å². The average molecular weight is 618 g/mol. The summed E-state index contributed by atoms with van der Waals surface area (Å²) in [6, 6.07) is 5.67. The van der Waals surface area contributed by atoms with Crippen LogP contribution in [0.25, 0.3) is 22.2 Å². The predicted octanol–water partition coefficient (Wildman–Crippen LogP) is 4.02. The number of aromatic nitrogens is 3. The Labute approximate surface area is 251 Å². The largest absolute Gasteiger partial charge is 0.462 e. The standard InChI is InChI=1S/C29H31ClF3N7O3/c1-2-25(41)38-8-10-39(11-9-38)27-20-12-22(30)19(26-21(29(31,32)33)5-6-24(34)36-26)13-23(20)35-28(37-27)43-16-17-4-3-7-40(17)18-14-42-15-18/h2,5-6,12-13,17-18H,1,3-4,7-11,14-16H2,(H2,34,36)/t17-/m0/s1. The highest BCUT2D eigenvalue weighted by Gasteiger charge is 2.37. The van der Waals surface area contributed by atoms with Crippen molar-refractivity contribution in [2.45, 2.75) is 31.1 Å². The Morgan fingerprint density at radius 1 is 1.14 bits per heavy atom. The third kappa shape index (κ3) is 5.93. The number of pyridine rings is 1. The van der Waals surface area contributed by atoms with Crippen LogP contribution in [0.1, 0.15) is 18.4 Å². The molecule has 0 radical (unpaired) electrons. The summed E-state index contributed by atoms with van der Waals surface area (Å²) in [6.45, 7) is 8.13. The summed E-state index contributed by atoms with van der Waals surface area (Å²) in [5, 5.41) is 0.579. The van der Waals surface area contributed by atoms with Crippen LogP contribution in [0, 0.1) is 0 Å². The number of nitrogens with two attached hydrogens (primary N) is 1. The lowest BCUT2D eigenvalue weighted by Crippen LogP contribution is -2.52. The number of alkyl halides is 3. The summed E-state index contributed by atoms with van der Waals surface area (Å²) in [6.07, 6.45) is -1.37. The Balaban J connectivity index is 1.39. The van der Waals surface area contributed by atoms with Crippen LogP contribution in [-0.2, 0) is 15.7 Å². The van der Waals surface area contributed by atoms with Gasteiger partial charge in [-0.15, -0.1) is 0 Å². The van der Waals surface area contributed by atoms with E-state index in [9.17, 15) is 18.0 Å². The molecule has 1 atom stereocenters. The number of carbonyl (C=O) groups excluding carboxylic acids is 1. The quantitative estimate of drug-likeness (QED) is 0.393. The molecule has 3 aliphatic rings. The number of likely N-dealkylation sites (tertiary alicyclic amines) is 1. The maximum atomic E-state index is 13.9. The van der Waals surface area contributed by atoms with Gasteiger partial charge >= 0.3 is 12.2 Å². The highest BCUT2D eigenvalue weighted by atomic mass is 35.5. The van der Waals surface area contributed by atoms with E-state index in [0.717, 1.165) is 31.5 Å². The number of nitrogens with zero attached hydrogens (tertiary/aromatic N) is 6. The molecule has 1 amide bonds. The zero-order valence-corrected chi connectivity index (χ0v) is 24.1. The molecule has 14 heteroatoms. The molecule has 0 unspecified atom stereocenters. The predicted molar refractivity (Wildman–Crippen MR) is 156 cm³/mol. The first-order chi connectivity index (χ1) is 20.6. The van der Waals surface area contributed by atoms with Gasteiger partial charge in [-0.3, -0.25) is 9.69 Å². The van der Waals surface area contributed by atoms with E-state index in [-0.39, 0.29) is 40.1 Å². The van der Waals surface area contributed by atoms with Crippen LogP contribution in [0.3, 0.4) is 0 Å². The second-order valence-corrected chi connectivity index (χ2v) is 11.3. The first kappa shape index (κ1) is 29.4. The van der Waals surface area contributed by atoms with Crippen LogP contribution >= 0.6 is 11.6 Å².